The van der Waals surface area contributed by atoms with Crippen LogP contribution in [0.1, 0.15) is 18.4 Å². The van der Waals surface area contributed by atoms with Crippen molar-refractivity contribution < 1.29 is 14.6 Å². The molecule has 0 radical (unpaired) electrons. The molecule has 3 heteroatoms. The zero-order valence-electron chi connectivity index (χ0n) is 8.93. The van der Waals surface area contributed by atoms with Gasteiger partial charge in [-0.05, 0) is 24.5 Å². The summed E-state index contributed by atoms with van der Waals surface area (Å²) >= 11 is 0. The summed E-state index contributed by atoms with van der Waals surface area (Å²) in [5.41, 5.74) is 1.05. The second-order valence-corrected chi connectivity index (χ2v) is 3.80. The molecule has 1 N–H and O–H groups in total. The second-order valence-electron chi connectivity index (χ2n) is 3.80. The van der Waals surface area contributed by atoms with Crippen molar-refractivity contribution in [2.75, 3.05) is 6.61 Å². The maximum absolute atomic E-state index is 11.2. The Kier molecular flexibility index (Phi) is 3.37. The van der Waals surface area contributed by atoms with Crippen LogP contribution >= 0.6 is 0 Å². The summed E-state index contributed by atoms with van der Waals surface area (Å²) in [6.45, 7) is 0.725. The van der Waals surface area contributed by atoms with E-state index in [2.05, 4.69) is 0 Å². The van der Waals surface area contributed by atoms with Gasteiger partial charge >= 0.3 is 5.97 Å². The van der Waals surface area contributed by atoms with E-state index >= 15 is 0 Å². The monoisotopic (exact) mass is 218 g/mol. The molecule has 2 rings (SSSR count). The molecule has 16 heavy (non-hydrogen) atoms. The molecule has 3 nitrogen and oxygen atoms in total. The van der Waals surface area contributed by atoms with E-state index < -0.39 is 5.97 Å². The van der Waals surface area contributed by atoms with Crippen LogP contribution in [-0.2, 0) is 9.53 Å². The van der Waals surface area contributed by atoms with Crippen molar-refractivity contribution in [2.45, 2.75) is 18.9 Å². The lowest BCUT2D eigenvalue weighted by Gasteiger charge is -2.07. The number of rotatable bonds is 3. The van der Waals surface area contributed by atoms with Crippen LogP contribution in [0.25, 0.3) is 5.57 Å². The normalized spacial score (nSPS) is 21.0. The molecular formula is C13H14O3. The van der Waals surface area contributed by atoms with Crippen LogP contribution in [-0.4, -0.2) is 23.8 Å². The molecule has 1 aliphatic rings. The Morgan fingerprint density at radius 2 is 2.12 bits per heavy atom. The lowest BCUT2D eigenvalue weighted by molar-refractivity contribution is -0.130. The molecular weight excluding hydrogens is 204 g/mol. The van der Waals surface area contributed by atoms with Crippen molar-refractivity contribution in [3.05, 3.63) is 42.0 Å². The van der Waals surface area contributed by atoms with Gasteiger partial charge in [0, 0.05) is 6.61 Å². The van der Waals surface area contributed by atoms with Crippen LogP contribution in [0.2, 0.25) is 0 Å². The SMILES string of the molecule is O=C(O)/C(=C/C1CCCO1)c1ccccc1. The van der Waals surface area contributed by atoms with Gasteiger partial charge in [-0.2, -0.15) is 0 Å². The third-order valence-corrected chi connectivity index (χ3v) is 2.63. The quantitative estimate of drug-likeness (QED) is 0.792. The van der Waals surface area contributed by atoms with Gasteiger partial charge in [0.2, 0.25) is 0 Å². The lowest BCUT2D eigenvalue weighted by Crippen LogP contribution is -2.06. The van der Waals surface area contributed by atoms with Crippen LogP contribution in [0.3, 0.4) is 0 Å². The van der Waals surface area contributed by atoms with E-state index in [0.29, 0.717) is 5.57 Å². The molecule has 0 aromatic heterocycles. The van der Waals surface area contributed by atoms with Gasteiger partial charge in [0.05, 0.1) is 11.7 Å². The van der Waals surface area contributed by atoms with E-state index in [1.54, 1.807) is 18.2 Å². The summed E-state index contributed by atoms with van der Waals surface area (Å²) < 4.78 is 5.42. The van der Waals surface area contributed by atoms with Crippen molar-refractivity contribution >= 4 is 11.5 Å². The molecule has 1 saturated heterocycles. The molecule has 1 atom stereocenters. The predicted molar refractivity (Wildman–Crippen MR) is 61.0 cm³/mol. The van der Waals surface area contributed by atoms with Gasteiger partial charge in [0.25, 0.3) is 0 Å². The van der Waals surface area contributed by atoms with Crippen LogP contribution in [0.5, 0.6) is 0 Å². The number of carbonyl (C=O) groups is 1. The van der Waals surface area contributed by atoms with Crippen molar-refractivity contribution in [2.24, 2.45) is 0 Å². The molecule has 0 amide bonds. The maximum atomic E-state index is 11.2. The largest absolute Gasteiger partial charge is 0.478 e. The van der Waals surface area contributed by atoms with Gasteiger partial charge in [0.15, 0.2) is 0 Å². The Balaban J connectivity index is 2.26. The van der Waals surface area contributed by atoms with Crippen molar-refractivity contribution in [3.8, 4) is 0 Å². The third kappa shape index (κ3) is 2.49. The van der Waals surface area contributed by atoms with Crippen LogP contribution < -0.4 is 0 Å². The maximum Gasteiger partial charge on any atom is 0.336 e. The van der Waals surface area contributed by atoms with E-state index in [4.69, 9.17) is 9.84 Å². The Morgan fingerprint density at radius 3 is 2.69 bits per heavy atom. The standard InChI is InChI=1S/C13H14O3/c14-13(15)12(9-11-7-4-8-16-11)10-5-2-1-3-6-10/h1-3,5-6,9,11H,4,7-8H2,(H,14,15)/b12-9+. The fourth-order valence-corrected chi connectivity index (χ4v) is 1.83. The van der Waals surface area contributed by atoms with Crippen molar-refractivity contribution in [1.29, 1.82) is 0 Å². The van der Waals surface area contributed by atoms with E-state index in [9.17, 15) is 4.79 Å². The van der Waals surface area contributed by atoms with Crippen molar-refractivity contribution in [3.63, 3.8) is 0 Å². The van der Waals surface area contributed by atoms with E-state index in [0.717, 1.165) is 25.0 Å². The minimum absolute atomic E-state index is 0.0497. The highest BCUT2D eigenvalue weighted by Crippen LogP contribution is 2.20. The predicted octanol–water partition coefficient (Wildman–Crippen LogP) is 2.33. The summed E-state index contributed by atoms with van der Waals surface area (Å²) in [5.74, 6) is -0.901. The highest BCUT2D eigenvalue weighted by atomic mass is 16.5. The topological polar surface area (TPSA) is 46.5 Å². The molecule has 0 saturated carbocycles. The minimum atomic E-state index is -0.901. The minimum Gasteiger partial charge on any atom is -0.478 e. The highest BCUT2D eigenvalue weighted by molar-refractivity contribution is 6.15. The zero-order chi connectivity index (χ0) is 11.4. The van der Waals surface area contributed by atoms with Crippen LogP contribution in [0, 0.1) is 0 Å². The van der Waals surface area contributed by atoms with Crippen LogP contribution in [0.15, 0.2) is 36.4 Å². The number of carboxylic acids is 1. The molecule has 0 bridgehead atoms. The lowest BCUT2D eigenvalue weighted by atomic mass is 10.0. The van der Waals surface area contributed by atoms with E-state index in [1.165, 1.54) is 0 Å². The third-order valence-electron chi connectivity index (χ3n) is 2.63. The van der Waals surface area contributed by atoms with Gasteiger partial charge in [-0.1, -0.05) is 30.3 Å². The summed E-state index contributed by atoms with van der Waals surface area (Å²) in [7, 11) is 0. The number of ether oxygens (including phenoxy) is 1. The molecule has 1 unspecified atom stereocenters. The number of aliphatic carboxylic acids is 1. The first-order valence-electron chi connectivity index (χ1n) is 5.39. The summed E-state index contributed by atoms with van der Waals surface area (Å²) in [4.78, 5) is 11.2. The van der Waals surface area contributed by atoms with Crippen molar-refractivity contribution in [1.82, 2.24) is 0 Å². The molecule has 1 aromatic rings. The Bertz CT molecular complexity index is 389. The first kappa shape index (κ1) is 10.9. The second kappa shape index (κ2) is 4.94. The fourth-order valence-electron chi connectivity index (χ4n) is 1.83. The van der Waals surface area contributed by atoms with Gasteiger partial charge in [-0.15, -0.1) is 0 Å². The fraction of sp³-hybridized carbons (Fsp3) is 0.308. The molecule has 0 spiro atoms. The summed E-state index contributed by atoms with van der Waals surface area (Å²) in [6, 6.07) is 9.14. The van der Waals surface area contributed by atoms with Gasteiger partial charge < -0.3 is 9.84 Å². The van der Waals surface area contributed by atoms with Crippen LogP contribution in [0.4, 0.5) is 0 Å². The van der Waals surface area contributed by atoms with Gasteiger partial charge in [-0.3, -0.25) is 0 Å². The van der Waals surface area contributed by atoms with E-state index in [-0.39, 0.29) is 6.10 Å². The molecule has 84 valence electrons. The first-order chi connectivity index (χ1) is 7.77. The highest BCUT2D eigenvalue weighted by Gasteiger charge is 2.17. The molecule has 1 heterocycles. The Hall–Kier alpha value is -1.61. The Morgan fingerprint density at radius 1 is 1.38 bits per heavy atom. The number of hydrogen-bond donors (Lipinski definition) is 1. The van der Waals surface area contributed by atoms with Gasteiger partial charge in [-0.25, -0.2) is 4.79 Å². The van der Waals surface area contributed by atoms with Gasteiger partial charge in [0.1, 0.15) is 0 Å². The molecule has 1 aliphatic heterocycles. The number of benzene rings is 1. The van der Waals surface area contributed by atoms with E-state index in [1.807, 2.05) is 18.2 Å². The summed E-state index contributed by atoms with van der Waals surface area (Å²) in [6.07, 6.45) is 3.57. The first-order valence-corrected chi connectivity index (χ1v) is 5.39. The smallest absolute Gasteiger partial charge is 0.336 e. The average Bonchev–Trinajstić information content (AvgIpc) is 2.79. The number of hydrogen-bond acceptors (Lipinski definition) is 2. The molecule has 1 fully saturated rings. The molecule has 1 aromatic carbocycles. The zero-order valence-corrected chi connectivity index (χ0v) is 8.93. The summed E-state index contributed by atoms with van der Waals surface area (Å²) in [5, 5.41) is 9.16. The molecule has 0 aliphatic carbocycles. The average molecular weight is 218 g/mol. The number of carboxylic acid groups (broad SMARTS) is 1. The Labute approximate surface area is 94.4 Å².